The van der Waals surface area contributed by atoms with Crippen molar-refractivity contribution in [1.29, 1.82) is 0 Å². The molecule has 165 valence electrons. The first-order valence-corrected chi connectivity index (χ1v) is 10.4. The first-order chi connectivity index (χ1) is 13.7. The maximum Gasteiger partial charge on any atom is 0.146 e. The van der Waals surface area contributed by atoms with Gasteiger partial charge < -0.3 is 29.6 Å². The van der Waals surface area contributed by atoms with Crippen LogP contribution < -0.4 is 10.6 Å². The fourth-order valence-corrected chi connectivity index (χ4v) is 1.83. The zero-order chi connectivity index (χ0) is 21.1. The Labute approximate surface area is 173 Å². The molecular formula is C22H43N2O4. The van der Waals surface area contributed by atoms with E-state index in [9.17, 15) is 0 Å². The summed E-state index contributed by atoms with van der Waals surface area (Å²) in [5, 5.41) is 6.52. The van der Waals surface area contributed by atoms with Gasteiger partial charge in [-0.15, -0.1) is 5.73 Å². The molecule has 2 N–H and O–H groups in total. The predicted octanol–water partition coefficient (Wildman–Crippen LogP) is 3.11. The number of ether oxygens (including phenoxy) is 4. The maximum absolute atomic E-state index is 5.56. The van der Waals surface area contributed by atoms with Gasteiger partial charge in [0.05, 0.1) is 19.8 Å². The van der Waals surface area contributed by atoms with Gasteiger partial charge in [-0.05, 0) is 52.3 Å². The lowest BCUT2D eigenvalue weighted by Crippen LogP contribution is -2.24. The van der Waals surface area contributed by atoms with Crippen LogP contribution in [0.15, 0.2) is 24.0 Å². The smallest absolute Gasteiger partial charge is 0.146 e. The van der Waals surface area contributed by atoms with Crippen LogP contribution in [0.25, 0.3) is 0 Å². The average Bonchev–Trinajstić information content (AvgIpc) is 2.70. The van der Waals surface area contributed by atoms with Crippen LogP contribution in [0.3, 0.4) is 0 Å². The standard InChI is InChI=1S/C17H31N2O2.C5H12O2/c1-4-6-9-18-10-7-17(3)8-14-21-16-12-19-11-15-20-13-5-2;1-3-6-5-7-4-2/h1,6,18-19H,3,5,7-16H2,2H3;3-5H2,1-2H3. The molecule has 0 aliphatic carbocycles. The van der Waals surface area contributed by atoms with Crippen molar-refractivity contribution in [2.24, 2.45) is 0 Å². The topological polar surface area (TPSA) is 61.0 Å². The average molecular weight is 400 g/mol. The van der Waals surface area contributed by atoms with Gasteiger partial charge >= 0.3 is 0 Å². The van der Waals surface area contributed by atoms with Gasteiger partial charge in [-0.25, -0.2) is 0 Å². The fourth-order valence-electron chi connectivity index (χ4n) is 1.83. The van der Waals surface area contributed by atoms with Crippen LogP contribution in [0.4, 0.5) is 0 Å². The molecule has 0 spiro atoms. The van der Waals surface area contributed by atoms with Crippen LogP contribution in [0, 0.1) is 6.58 Å². The minimum Gasteiger partial charge on any atom is -0.380 e. The highest BCUT2D eigenvalue weighted by Gasteiger charge is 1.95. The number of hydrogen-bond donors (Lipinski definition) is 2. The second-order valence-electron chi connectivity index (χ2n) is 5.90. The summed E-state index contributed by atoms with van der Waals surface area (Å²) in [5.74, 6) is 0. The van der Waals surface area contributed by atoms with Crippen molar-refractivity contribution in [3.8, 4) is 0 Å². The Morgan fingerprint density at radius 1 is 0.857 bits per heavy atom. The molecule has 0 aromatic rings. The van der Waals surface area contributed by atoms with Gasteiger partial charge in [-0.3, -0.25) is 0 Å². The normalized spacial score (nSPS) is 10.1. The van der Waals surface area contributed by atoms with Gasteiger partial charge in [0.1, 0.15) is 6.79 Å². The molecule has 0 unspecified atom stereocenters. The van der Waals surface area contributed by atoms with Crippen molar-refractivity contribution in [3.05, 3.63) is 30.5 Å². The van der Waals surface area contributed by atoms with E-state index in [4.69, 9.17) is 25.5 Å². The molecule has 0 aromatic heterocycles. The molecule has 0 rings (SSSR count). The van der Waals surface area contributed by atoms with Crippen LogP contribution in [-0.4, -0.2) is 72.6 Å². The molecule has 0 aliphatic rings. The summed E-state index contributed by atoms with van der Waals surface area (Å²) in [7, 11) is 0. The number of hydrogen-bond acceptors (Lipinski definition) is 6. The molecule has 6 nitrogen and oxygen atoms in total. The third-order valence-electron chi connectivity index (χ3n) is 3.39. The lowest BCUT2D eigenvalue weighted by Gasteiger charge is -2.08. The van der Waals surface area contributed by atoms with Crippen LogP contribution in [0.2, 0.25) is 0 Å². The fraction of sp³-hybridized carbons (Fsp3) is 0.773. The van der Waals surface area contributed by atoms with E-state index in [0.29, 0.717) is 6.79 Å². The Morgan fingerprint density at radius 2 is 1.50 bits per heavy atom. The highest BCUT2D eigenvalue weighted by Crippen LogP contribution is 2.02. The maximum atomic E-state index is 5.56. The van der Waals surface area contributed by atoms with Gasteiger partial charge in [0.15, 0.2) is 0 Å². The second-order valence-corrected chi connectivity index (χ2v) is 5.90. The molecule has 0 saturated heterocycles. The molecule has 0 atom stereocenters. The highest BCUT2D eigenvalue weighted by atomic mass is 16.7. The van der Waals surface area contributed by atoms with E-state index in [1.54, 1.807) is 6.08 Å². The van der Waals surface area contributed by atoms with Gasteiger partial charge in [0.25, 0.3) is 0 Å². The monoisotopic (exact) mass is 399 g/mol. The lowest BCUT2D eigenvalue weighted by atomic mass is 10.1. The van der Waals surface area contributed by atoms with E-state index in [-0.39, 0.29) is 0 Å². The van der Waals surface area contributed by atoms with Crippen molar-refractivity contribution in [2.45, 2.75) is 40.0 Å². The summed E-state index contributed by atoms with van der Waals surface area (Å²) in [4.78, 5) is 0. The van der Waals surface area contributed by atoms with E-state index in [2.05, 4.69) is 29.9 Å². The Bertz CT molecular complexity index is 354. The highest BCUT2D eigenvalue weighted by molar-refractivity contribution is 4.94. The zero-order valence-electron chi connectivity index (χ0n) is 18.4. The second kappa shape index (κ2) is 28.2. The molecule has 0 amide bonds. The summed E-state index contributed by atoms with van der Waals surface area (Å²) in [6.45, 7) is 23.6. The van der Waals surface area contributed by atoms with Crippen LogP contribution in [0.1, 0.15) is 40.0 Å². The van der Waals surface area contributed by atoms with E-state index < -0.39 is 0 Å². The van der Waals surface area contributed by atoms with Crippen molar-refractivity contribution in [1.82, 2.24) is 10.6 Å². The van der Waals surface area contributed by atoms with Gasteiger partial charge in [-0.2, -0.15) is 0 Å². The molecular weight excluding hydrogens is 356 g/mol. The quantitative estimate of drug-likeness (QED) is 0.142. The molecule has 28 heavy (non-hydrogen) atoms. The minimum atomic E-state index is 0.438. The van der Waals surface area contributed by atoms with Crippen molar-refractivity contribution < 1.29 is 18.9 Å². The molecule has 1 radical (unpaired) electrons. The Balaban J connectivity index is 0. The molecule has 0 aliphatic heterocycles. The third kappa shape index (κ3) is 29.8. The van der Waals surface area contributed by atoms with Crippen LogP contribution in [0.5, 0.6) is 0 Å². The zero-order valence-corrected chi connectivity index (χ0v) is 18.4. The van der Waals surface area contributed by atoms with Crippen LogP contribution in [-0.2, 0) is 18.9 Å². The van der Waals surface area contributed by atoms with E-state index >= 15 is 0 Å². The molecule has 0 fully saturated rings. The molecule has 0 aromatic carbocycles. The molecule has 0 heterocycles. The van der Waals surface area contributed by atoms with Crippen molar-refractivity contribution in [3.63, 3.8) is 0 Å². The summed E-state index contributed by atoms with van der Waals surface area (Å²) in [6.07, 6.45) is 4.73. The summed E-state index contributed by atoms with van der Waals surface area (Å²) in [5.41, 5.74) is 3.70. The number of rotatable bonds is 20. The van der Waals surface area contributed by atoms with Gasteiger partial charge in [0, 0.05) is 39.5 Å². The lowest BCUT2D eigenvalue weighted by molar-refractivity contribution is -0.0445. The first kappa shape index (κ1) is 29.2. The number of nitrogens with one attached hydrogen (secondary N) is 2. The molecule has 6 heteroatoms. The van der Waals surface area contributed by atoms with E-state index in [1.165, 1.54) is 5.57 Å². The summed E-state index contributed by atoms with van der Waals surface area (Å²) < 4.78 is 20.6. The largest absolute Gasteiger partial charge is 0.380 e. The first-order valence-electron chi connectivity index (χ1n) is 10.4. The van der Waals surface area contributed by atoms with E-state index in [0.717, 1.165) is 85.1 Å². The third-order valence-corrected chi connectivity index (χ3v) is 3.39. The van der Waals surface area contributed by atoms with Crippen molar-refractivity contribution in [2.75, 3.05) is 72.6 Å². The molecule has 0 bridgehead atoms. The van der Waals surface area contributed by atoms with Crippen LogP contribution >= 0.6 is 0 Å². The van der Waals surface area contributed by atoms with Gasteiger partial charge in [-0.1, -0.05) is 19.1 Å². The molecule has 0 saturated carbocycles. The van der Waals surface area contributed by atoms with E-state index in [1.807, 2.05) is 13.8 Å². The van der Waals surface area contributed by atoms with Crippen molar-refractivity contribution >= 4 is 0 Å². The summed E-state index contributed by atoms with van der Waals surface area (Å²) >= 11 is 0. The minimum absolute atomic E-state index is 0.438. The SMILES string of the molecule is CCOCOCC.[CH]=C=CCNCCC(=C)CCOCCNCCOCCC. The Morgan fingerprint density at radius 3 is 2.07 bits per heavy atom. The van der Waals surface area contributed by atoms with Gasteiger partial charge in [0.2, 0.25) is 0 Å². The Kier molecular flexibility index (Phi) is 29.5. The predicted molar refractivity (Wildman–Crippen MR) is 117 cm³/mol. The summed E-state index contributed by atoms with van der Waals surface area (Å²) in [6, 6.07) is 0. The Hall–Kier alpha value is -0.980.